The summed E-state index contributed by atoms with van der Waals surface area (Å²) >= 11 is 1.61. The molecule has 3 saturated heterocycles. The molecule has 5 heterocycles. The monoisotopic (exact) mass is 447 g/mol. The van der Waals surface area contributed by atoms with Gasteiger partial charge in [-0.05, 0) is 13.3 Å². The number of aromatic nitrogens is 4. The number of thiazole rings is 1. The third kappa shape index (κ3) is 4.00. The molecule has 0 amide bonds. The van der Waals surface area contributed by atoms with Gasteiger partial charge < -0.3 is 19.3 Å². The van der Waals surface area contributed by atoms with Crippen LogP contribution in [0.5, 0.6) is 0 Å². The second-order valence-electron chi connectivity index (χ2n) is 8.42. The van der Waals surface area contributed by atoms with E-state index in [1.807, 2.05) is 17.9 Å². The molecule has 0 spiro atoms. The average molecular weight is 448 g/mol. The van der Waals surface area contributed by atoms with Crippen molar-refractivity contribution in [2.75, 3.05) is 62.4 Å². The lowest BCUT2D eigenvalue weighted by Crippen LogP contribution is -2.36. The zero-order valence-corrected chi connectivity index (χ0v) is 18.4. The Morgan fingerprint density at radius 1 is 1.19 bits per heavy atom. The van der Waals surface area contributed by atoms with Gasteiger partial charge in [-0.2, -0.15) is 5.26 Å². The minimum absolute atomic E-state index is 0.0174. The molecule has 2 atom stereocenters. The van der Waals surface area contributed by atoms with E-state index >= 15 is 0 Å². The summed E-state index contributed by atoms with van der Waals surface area (Å²) < 4.78 is 27.7. The van der Waals surface area contributed by atoms with Crippen LogP contribution in [0.1, 0.15) is 18.5 Å². The summed E-state index contributed by atoms with van der Waals surface area (Å²) in [5.41, 5.74) is -0.926. The van der Waals surface area contributed by atoms with Gasteiger partial charge in [0.2, 0.25) is 11.6 Å². The van der Waals surface area contributed by atoms with Gasteiger partial charge in [-0.25, -0.2) is 9.37 Å². The summed E-state index contributed by atoms with van der Waals surface area (Å²) in [6, 6.07) is 1.81. The standard InChI is InChI=1S/C20H26FN7O2S/c1-14-16(31-19(23-14)26-5-8-29-9-6-26)17-24-25-18(27-4-3-20(21,12-22)13-27)28(17)10-15-2-7-30-11-15/h15H,2-11,13H2,1H3. The van der Waals surface area contributed by atoms with Gasteiger partial charge in [-0.3, -0.25) is 4.57 Å². The van der Waals surface area contributed by atoms with E-state index in [0.717, 1.165) is 47.6 Å². The minimum atomic E-state index is -1.84. The number of hydrogen-bond acceptors (Lipinski definition) is 9. The number of anilines is 2. The minimum Gasteiger partial charge on any atom is -0.381 e. The van der Waals surface area contributed by atoms with Crippen LogP contribution in [0.15, 0.2) is 0 Å². The third-order valence-corrected chi connectivity index (χ3v) is 7.38. The second-order valence-corrected chi connectivity index (χ2v) is 9.40. The third-order valence-electron chi connectivity index (χ3n) is 6.17. The van der Waals surface area contributed by atoms with Crippen molar-refractivity contribution in [3.63, 3.8) is 0 Å². The fourth-order valence-electron chi connectivity index (χ4n) is 4.36. The van der Waals surface area contributed by atoms with Crippen LogP contribution in [-0.4, -0.2) is 78.0 Å². The molecule has 9 nitrogen and oxygen atoms in total. The normalized spacial score (nSPS) is 26.5. The summed E-state index contributed by atoms with van der Waals surface area (Å²) in [7, 11) is 0. The van der Waals surface area contributed by atoms with Crippen molar-refractivity contribution < 1.29 is 13.9 Å². The molecule has 3 aliphatic rings. The fourth-order valence-corrected chi connectivity index (χ4v) is 5.48. The lowest BCUT2D eigenvalue weighted by atomic mass is 10.1. The van der Waals surface area contributed by atoms with Gasteiger partial charge in [0.05, 0.1) is 36.9 Å². The molecule has 2 aromatic heterocycles. The smallest absolute Gasteiger partial charge is 0.227 e. The van der Waals surface area contributed by atoms with Gasteiger partial charge in [0, 0.05) is 45.1 Å². The molecule has 0 N–H and O–H groups in total. The van der Waals surface area contributed by atoms with Gasteiger partial charge >= 0.3 is 0 Å². The summed E-state index contributed by atoms with van der Waals surface area (Å²) in [6.45, 7) is 7.66. The Bertz CT molecular complexity index is 977. The number of halogens is 1. The first-order valence-electron chi connectivity index (χ1n) is 10.7. The van der Waals surface area contributed by atoms with Crippen molar-refractivity contribution in [2.45, 2.75) is 32.0 Å². The number of rotatable bonds is 5. The molecule has 3 fully saturated rings. The Labute approximate surface area is 184 Å². The summed E-state index contributed by atoms with van der Waals surface area (Å²) in [6.07, 6.45) is 1.15. The van der Waals surface area contributed by atoms with Gasteiger partial charge in [0.1, 0.15) is 6.07 Å². The largest absolute Gasteiger partial charge is 0.381 e. The maximum absolute atomic E-state index is 14.6. The van der Waals surface area contributed by atoms with E-state index in [9.17, 15) is 9.65 Å². The molecular formula is C20H26FN7O2S. The number of hydrogen-bond donors (Lipinski definition) is 0. The van der Waals surface area contributed by atoms with Crippen LogP contribution in [0.4, 0.5) is 15.5 Å². The van der Waals surface area contributed by atoms with Crippen LogP contribution < -0.4 is 9.80 Å². The Morgan fingerprint density at radius 3 is 2.74 bits per heavy atom. The number of nitriles is 1. The molecule has 166 valence electrons. The second kappa shape index (κ2) is 8.33. The first-order valence-corrected chi connectivity index (χ1v) is 11.5. The Hall–Kier alpha value is -2.29. The molecule has 0 saturated carbocycles. The van der Waals surface area contributed by atoms with E-state index in [-0.39, 0.29) is 13.0 Å². The van der Waals surface area contributed by atoms with Crippen molar-refractivity contribution in [3.8, 4) is 16.8 Å². The van der Waals surface area contributed by atoms with E-state index in [1.54, 1.807) is 11.3 Å². The lowest BCUT2D eigenvalue weighted by Gasteiger charge is -2.26. The Kier molecular flexibility index (Phi) is 5.54. The van der Waals surface area contributed by atoms with Crippen molar-refractivity contribution in [2.24, 2.45) is 5.92 Å². The van der Waals surface area contributed by atoms with Crippen LogP contribution >= 0.6 is 11.3 Å². The molecule has 5 rings (SSSR count). The first-order chi connectivity index (χ1) is 15.1. The van der Waals surface area contributed by atoms with Crippen molar-refractivity contribution in [3.05, 3.63) is 5.69 Å². The van der Waals surface area contributed by atoms with Crippen LogP contribution in [0.2, 0.25) is 0 Å². The maximum Gasteiger partial charge on any atom is 0.227 e. The summed E-state index contributed by atoms with van der Waals surface area (Å²) in [5.74, 6) is 1.73. The highest BCUT2D eigenvalue weighted by molar-refractivity contribution is 7.19. The number of nitrogens with zero attached hydrogens (tertiary/aromatic N) is 7. The van der Waals surface area contributed by atoms with Gasteiger partial charge in [-0.15, -0.1) is 10.2 Å². The zero-order chi connectivity index (χ0) is 21.4. The predicted octanol–water partition coefficient (Wildman–Crippen LogP) is 2.03. The Morgan fingerprint density at radius 2 is 2.03 bits per heavy atom. The van der Waals surface area contributed by atoms with E-state index in [4.69, 9.17) is 14.5 Å². The van der Waals surface area contributed by atoms with Gasteiger partial charge in [0.15, 0.2) is 11.0 Å². The van der Waals surface area contributed by atoms with Gasteiger partial charge in [0.25, 0.3) is 0 Å². The SMILES string of the molecule is Cc1nc(N2CCOCC2)sc1-c1nnc(N2CCC(F)(C#N)C2)n1CC1CCOC1. The average Bonchev–Trinajstić information content (AvgIpc) is 3.57. The van der Waals surface area contributed by atoms with E-state index in [2.05, 4.69) is 19.7 Å². The molecule has 0 aromatic carbocycles. The molecule has 11 heteroatoms. The molecule has 0 bridgehead atoms. The molecule has 31 heavy (non-hydrogen) atoms. The molecule has 3 aliphatic heterocycles. The number of alkyl halides is 1. The molecule has 0 radical (unpaired) electrons. The van der Waals surface area contributed by atoms with E-state index in [1.165, 1.54) is 0 Å². The number of morpholine rings is 1. The van der Waals surface area contributed by atoms with Crippen LogP contribution in [-0.2, 0) is 16.0 Å². The molecule has 0 aliphatic carbocycles. The highest BCUT2D eigenvalue weighted by Crippen LogP contribution is 2.37. The highest BCUT2D eigenvalue weighted by Gasteiger charge is 2.41. The van der Waals surface area contributed by atoms with Crippen LogP contribution in [0.3, 0.4) is 0 Å². The molecule has 2 unspecified atom stereocenters. The maximum atomic E-state index is 14.6. The summed E-state index contributed by atoms with van der Waals surface area (Å²) in [5, 5.41) is 19.1. The Balaban J connectivity index is 1.49. The summed E-state index contributed by atoms with van der Waals surface area (Å²) in [4.78, 5) is 9.85. The molecule has 2 aromatic rings. The fraction of sp³-hybridized carbons (Fsp3) is 0.700. The lowest BCUT2D eigenvalue weighted by molar-refractivity contribution is 0.122. The van der Waals surface area contributed by atoms with Crippen LogP contribution in [0.25, 0.3) is 10.7 Å². The number of ether oxygens (including phenoxy) is 2. The van der Waals surface area contributed by atoms with Crippen molar-refractivity contribution in [1.29, 1.82) is 5.26 Å². The topological polar surface area (TPSA) is 92.3 Å². The van der Waals surface area contributed by atoms with E-state index in [0.29, 0.717) is 44.8 Å². The van der Waals surface area contributed by atoms with Crippen molar-refractivity contribution >= 4 is 22.4 Å². The number of aryl methyl sites for hydroxylation is 1. The van der Waals surface area contributed by atoms with Crippen molar-refractivity contribution in [1.82, 2.24) is 19.7 Å². The van der Waals surface area contributed by atoms with Crippen LogP contribution in [0, 0.1) is 24.2 Å². The highest BCUT2D eigenvalue weighted by atomic mass is 32.1. The quantitative estimate of drug-likeness (QED) is 0.688. The predicted molar refractivity (Wildman–Crippen MR) is 114 cm³/mol. The molecular weight excluding hydrogens is 421 g/mol. The van der Waals surface area contributed by atoms with E-state index < -0.39 is 5.67 Å². The van der Waals surface area contributed by atoms with Gasteiger partial charge in [-0.1, -0.05) is 11.3 Å². The first kappa shape index (κ1) is 20.6. The zero-order valence-electron chi connectivity index (χ0n) is 17.6.